The third-order valence-electron chi connectivity index (χ3n) is 2.95. The number of amides is 1. The molecule has 0 unspecified atom stereocenters. The first kappa shape index (κ1) is 14.1. The number of hydrogen-bond donors (Lipinski definition) is 0. The van der Waals surface area contributed by atoms with E-state index in [0.29, 0.717) is 5.56 Å². The number of nitro benzene ring substituents is 1. The lowest BCUT2D eigenvalue weighted by Gasteiger charge is -2.15. The Morgan fingerprint density at radius 1 is 1.27 bits per heavy atom. The molecule has 0 fully saturated rings. The maximum absolute atomic E-state index is 12.2. The van der Waals surface area contributed by atoms with Crippen LogP contribution in [0.1, 0.15) is 12.5 Å². The van der Waals surface area contributed by atoms with Crippen molar-refractivity contribution in [2.24, 2.45) is 10.1 Å². The maximum Gasteiger partial charge on any atom is 0.299 e. The van der Waals surface area contributed by atoms with Crippen LogP contribution in [0.5, 0.6) is 0 Å². The van der Waals surface area contributed by atoms with E-state index < -0.39 is 10.8 Å². The minimum absolute atomic E-state index is 0.0370. The van der Waals surface area contributed by atoms with Crippen LogP contribution in [0.25, 0.3) is 6.08 Å². The van der Waals surface area contributed by atoms with Gasteiger partial charge in [0.1, 0.15) is 11.4 Å². The molecule has 1 amide bonds. The molecule has 0 aromatic heterocycles. The van der Waals surface area contributed by atoms with Crippen LogP contribution in [-0.4, -0.2) is 31.8 Å². The van der Waals surface area contributed by atoms with E-state index in [2.05, 4.69) is 10.1 Å². The number of hydrogen-bond acceptors (Lipinski definition) is 7. The molecule has 0 atom stereocenters. The van der Waals surface area contributed by atoms with Gasteiger partial charge < -0.3 is 0 Å². The van der Waals surface area contributed by atoms with Gasteiger partial charge in [0.2, 0.25) is 10.3 Å². The molecule has 22 heavy (non-hydrogen) atoms. The van der Waals surface area contributed by atoms with E-state index in [1.807, 2.05) is 0 Å². The van der Waals surface area contributed by atoms with Crippen molar-refractivity contribution in [3.05, 3.63) is 45.6 Å². The normalized spacial score (nSPS) is 19.1. The van der Waals surface area contributed by atoms with Gasteiger partial charge in [0.25, 0.3) is 11.6 Å². The molecule has 0 saturated carbocycles. The number of nitro groups is 1. The van der Waals surface area contributed by atoms with Gasteiger partial charge >= 0.3 is 0 Å². The summed E-state index contributed by atoms with van der Waals surface area (Å²) in [7, 11) is 0. The van der Waals surface area contributed by atoms with Crippen molar-refractivity contribution in [3.8, 4) is 0 Å². The fraction of sp³-hybridized carbons (Fsp3) is 0.0769. The average molecular weight is 316 g/mol. The highest BCUT2D eigenvalue weighted by molar-refractivity contribution is 8.27. The number of amidine groups is 1. The molecule has 1 aromatic rings. The highest BCUT2D eigenvalue weighted by atomic mass is 32.2. The van der Waals surface area contributed by atoms with Crippen LogP contribution in [0.4, 0.5) is 5.69 Å². The van der Waals surface area contributed by atoms with Gasteiger partial charge in [-0.2, -0.15) is 10.1 Å². The minimum atomic E-state index is -0.502. The van der Waals surface area contributed by atoms with Gasteiger partial charge in [-0.3, -0.25) is 19.7 Å². The monoisotopic (exact) mass is 316 g/mol. The van der Waals surface area contributed by atoms with Crippen molar-refractivity contribution >= 4 is 45.4 Å². The number of benzene rings is 1. The molecule has 0 N–H and O–H groups in total. The molecule has 0 spiro atoms. The minimum Gasteiger partial charge on any atom is -0.280 e. The number of thioether (sulfide) groups is 1. The largest absolute Gasteiger partial charge is 0.299 e. The van der Waals surface area contributed by atoms with Crippen LogP contribution in [0.2, 0.25) is 0 Å². The molecular weight excluding hydrogens is 308 g/mol. The highest BCUT2D eigenvalue weighted by Crippen LogP contribution is 2.28. The number of nitrogens with zero attached hydrogens (tertiary/aromatic N) is 4. The Bertz CT molecular complexity index is 795. The van der Waals surface area contributed by atoms with Gasteiger partial charge in [-0.25, -0.2) is 4.99 Å². The van der Waals surface area contributed by atoms with Crippen LogP contribution in [0.15, 0.2) is 40.1 Å². The van der Waals surface area contributed by atoms with Gasteiger partial charge in [0, 0.05) is 12.1 Å². The van der Waals surface area contributed by atoms with E-state index in [9.17, 15) is 19.7 Å². The second-order valence-corrected chi connectivity index (χ2v) is 5.40. The van der Waals surface area contributed by atoms with Crippen LogP contribution >= 0.6 is 11.8 Å². The Morgan fingerprint density at radius 3 is 2.59 bits per heavy atom. The van der Waals surface area contributed by atoms with Gasteiger partial charge in [0.15, 0.2) is 0 Å². The number of aliphatic imine (C=N–C) groups is 1. The van der Waals surface area contributed by atoms with Gasteiger partial charge in [-0.1, -0.05) is 0 Å². The van der Waals surface area contributed by atoms with Crippen LogP contribution in [0.3, 0.4) is 0 Å². The first-order valence-electron chi connectivity index (χ1n) is 6.12. The SMILES string of the molecule is CC1=NN2C(=O)C(=Cc3ccc([N+](=O)[O-])cc3)N=C2SC1=O. The lowest BCUT2D eigenvalue weighted by molar-refractivity contribution is -0.384. The Kier molecular flexibility index (Phi) is 3.33. The summed E-state index contributed by atoms with van der Waals surface area (Å²) in [6.45, 7) is 1.53. The number of non-ortho nitro benzene ring substituents is 1. The van der Waals surface area contributed by atoms with E-state index in [1.165, 1.54) is 37.3 Å². The molecule has 0 saturated heterocycles. The topological polar surface area (TPSA) is 105 Å². The fourth-order valence-corrected chi connectivity index (χ4v) is 2.55. The Labute approximate surface area is 128 Å². The van der Waals surface area contributed by atoms with Gasteiger partial charge in [0.05, 0.1) is 4.92 Å². The van der Waals surface area contributed by atoms with Crippen molar-refractivity contribution in [1.29, 1.82) is 0 Å². The molecule has 110 valence electrons. The first-order chi connectivity index (χ1) is 10.5. The first-order valence-corrected chi connectivity index (χ1v) is 6.94. The summed E-state index contributed by atoms with van der Waals surface area (Å²) in [4.78, 5) is 37.9. The zero-order valence-corrected chi connectivity index (χ0v) is 12.0. The molecule has 3 rings (SSSR count). The van der Waals surface area contributed by atoms with E-state index in [-0.39, 0.29) is 27.4 Å². The van der Waals surface area contributed by atoms with E-state index in [1.54, 1.807) is 0 Å². The molecule has 9 heteroatoms. The Hall–Kier alpha value is -2.81. The lowest BCUT2D eigenvalue weighted by Crippen LogP contribution is -2.32. The molecule has 2 aliphatic rings. The van der Waals surface area contributed by atoms with E-state index >= 15 is 0 Å². The highest BCUT2D eigenvalue weighted by Gasteiger charge is 2.36. The number of rotatable bonds is 2. The smallest absolute Gasteiger partial charge is 0.280 e. The van der Waals surface area contributed by atoms with Crippen molar-refractivity contribution in [2.45, 2.75) is 6.92 Å². The fourth-order valence-electron chi connectivity index (χ4n) is 1.84. The zero-order valence-electron chi connectivity index (χ0n) is 11.2. The van der Waals surface area contributed by atoms with Crippen molar-refractivity contribution in [1.82, 2.24) is 5.01 Å². The molecule has 0 bridgehead atoms. The van der Waals surface area contributed by atoms with Crippen molar-refractivity contribution in [3.63, 3.8) is 0 Å². The molecule has 1 aromatic carbocycles. The molecule has 0 radical (unpaired) electrons. The Balaban J connectivity index is 1.92. The molecule has 0 aliphatic carbocycles. The lowest BCUT2D eigenvalue weighted by atomic mass is 10.2. The van der Waals surface area contributed by atoms with Crippen molar-refractivity contribution < 1.29 is 14.5 Å². The Morgan fingerprint density at radius 2 is 1.95 bits per heavy atom. The summed E-state index contributed by atoms with van der Waals surface area (Å²) in [6.07, 6.45) is 1.49. The zero-order chi connectivity index (χ0) is 15.9. The standard InChI is InChI=1S/C13H8N4O4S/c1-7-12(19)22-13-14-10(11(18)16(13)15-7)6-8-2-4-9(5-3-8)17(20)21/h2-6H,1H3. The average Bonchev–Trinajstić information content (AvgIpc) is 2.77. The van der Waals surface area contributed by atoms with E-state index in [4.69, 9.17) is 0 Å². The number of carbonyl (C=O) groups excluding carboxylic acids is 2. The van der Waals surface area contributed by atoms with Gasteiger partial charge in [-0.05, 0) is 42.5 Å². The van der Waals surface area contributed by atoms with E-state index in [0.717, 1.165) is 16.8 Å². The second-order valence-electron chi connectivity index (χ2n) is 4.46. The third-order valence-corrected chi connectivity index (χ3v) is 3.87. The van der Waals surface area contributed by atoms with Crippen LogP contribution < -0.4 is 0 Å². The summed E-state index contributed by atoms with van der Waals surface area (Å²) in [6, 6.07) is 5.71. The second kappa shape index (κ2) is 5.19. The number of fused-ring (bicyclic) bond motifs is 1. The molecule has 2 aliphatic heterocycles. The molecule has 2 heterocycles. The summed E-state index contributed by atoms with van der Waals surface area (Å²) in [5, 5.41) is 15.6. The summed E-state index contributed by atoms with van der Waals surface area (Å²) in [5.74, 6) is -0.437. The van der Waals surface area contributed by atoms with Gasteiger partial charge in [-0.15, -0.1) is 0 Å². The van der Waals surface area contributed by atoms with Crippen LogP contribution in [-0.2, 0) is 9.59 Å². The summed E-state index contributed by atoms with van der Waals surface area (Å²) in [5.41, 5.74) is 0.914. The van der Waals surface area contributed by atoms with Crippen molar-refractivity contribution in [2.75, 3.05) is 0 Å². The maximum atomic E-state index is 12.2. The van der Waals surface area contributed by atoms with Crippen LogP contribution in [0, 0.1) is 10.1 Å². The predicted octanol–water partition coefficient (Wildman–Crippen LogP) is 1.78. The number of hydrazone groups is 1. The third kappa shape index (κ3) is 2.42. The quantitative estimate of drug-likeness (QED) is 0.470. The number of carbonyl (C=O) groups is 2. The summed E-state index contributed by atoms with van der Waals surface area (Å²) >= 11 is 0.845. The predicted molar refractivity (Wildman–Crippen MR) is 81.1 cm³/mol. The molecule has 8 nitrogen and oxygen atoms in total. The summed E-state index contributed by atoms with van der Waals surface area (Å²) < 4.78 is 0. The molecular formula is C13H8N4O4S.